The molecule has 23 heavy (non-hydrogen) atoms. The third-order valence-corrected chi connectivity index (χ3v) is 3.40. The number of nitrogens with one attached hydrogen (secondary N) is 1. The number of pyridine rings is 1. The van der Waals surface area contributed by atoms with Crippen LogP contribution in [0, 0.1) is 5.82 Å². The largest absolute Gasteiger partial charge is 0.334 e. The molecule has 0 aliphatic carbocycles. The van der Waals surface area contributed by atoms with E-state index in [9.17, 15) is 14.0 Å². The van der Waals surface area contributed by atoms with Crippen LogP contribution in [0.25, 0.3) is 0 Å². The molecule has 120 valence electrons. The van der Waals surface area contributed by atoms with Crippen LogP contribution in [0.2, 0.25) is 0 Å². The predicted octanol–water partition coefficient (Wildman–Crippen LogP) is 2.25. The van der Waals surface area contributed by atoms with Gasteiger partial charge in [0, 0.05) is 25.5 Å². The van der Waals surface area contributed by atoms with Crippen molar-refractivity contribution < 1.29 is 14.0 Å². The van der Waals surface area contributed by atoms with Crippen molar-refractivity contribution in [3.05, 3.63) is 60.2 Å². The maximum Gasteiger partial charge on any atom is 0.313 e. The number of rotatable bonds is 5. The van der Waals surface area contributed by atoms with Crippen LogP contribution >= 0.6 is 0 Å². The van der Waals surface area contributed by atoms with Gasteiger partial charge in [-0.2, -0.15) is 0 Å². The number of benzene rings is 1. The quantitative estimate of drug-likeness (QED) is 0.861. The van der Waals surface area contributed by atoms with E-state index in [1.165, 1.54) is 23.1 Å². The van der Waals surface area contributed by atoms with Crippen molar-refractivity contribution in [1.29, 1.82) is 0 Å². The van der Waals surface area contributed by atoms with Crippen molar-refractivity contribution in [2.45, 2.75) is 13.3 Å². The topological polar surface area (TPSA) is 62.3 Å². The van der Waals surface area contributed by atoms with E-state index >= 15 is 0 Å². The van der Waals surface area contributed by atoms with Gasteiger partial charge in [-0.1, -0.05) is 12.1 Å². The zero-order valence-electron chi connectivity index (χ0n) is 12.8. The standard InChI is InChI=1S/C17H18FN3O2/c1-2-21(12-9-13-7-10-19-11-8-13)17(23)16(22)20-15-6-4-3-5-14(15)18/h3-8,10-11H,2,9,12H2,1H3,(H,20,22). The zero-order valence-corrected chi connectivity index (χ0v) is 12.8. The Labute approximate surface area is 134 Å². The Kier molecular flexibility index (Phi) is 5.80. The van der Waals surface area contributed by atoms with Gasteiger partial charge in [0.25, 0.3) is 0 Å². The number of halogens is 1. The molecule has 0 aliphatic heterocycles. The Bertz CT molecular complexity index is 677. The maximum atomic E-state index is 13.5. The molecule has 1 aromatic carbocycles. The maximum absolute atomic E-state index is 13.5. The van der Waals surface area contributed by atoms with Gasteiger partial charge in [0.05, 0.1) is 5.69 Å². The van der Waals surface area contributed by atoms with Crippen LogP contribution in [0.4, 0.5) is 10.1 Å². The lowest BCUT2D eigenvalue weighted by Crippen LogP contribution is -2.40. The number of likely N-dealkylation sites (N-methyl/N-ethyl adjacent to an activating group) is 1. The van der Waals surface area contributed by atoms with E-state index < -0.39 is 17.6 Å². The summed E-state index contributed by atoms with van der Waals surface area (Å²) in [5.74, 6) is -2.09. The number of amides is 2. The Morgan fingerprint density at radius 1 is 1.17 bits per heavy atom. The molecule has 2 amide bonds. The summed E-state index contributed by atoms with van der Waals surface area (Å²) in [4.78, 5) is 29.5. The summed E-state index contributed by atoms with van der Waals surface area (Å²) in [6.07, 6.45) is 3.98. The van der Waals surface area contributed by atoms with Crippen molar-refractivity contribution in [1.82, 2.24) is 9.88 Å². The predicted molar refractivity (Wildman–Crippen MR) is 85.2 cm³/mol. The fraction of sp³-hybridized carbons (Fsp3) is 0.235. The van der Waals surface area contributed by atoms with Crippen LogP contribution in [-0.4, -0.2) is 34.8 Å². The average Bonchev–Trinajstić information content (AvgIpc) is 2.58. The van der Waals surface area contributed by atoms with Crippen LogP contribution in [0.5, 0.6) is 0 Å². The monoisotopic (exact) mass is 315 g/mol. The average molecular weight is 315 g/mol. The Morgan fingerprint density at radius 2 is 1.87 bits per heavy atom. The number of hydrogen-bond acceptors (Lipinski definition) is 3. The first-order valence-electron chi connectivity index (χ1n) is 7.35. The minimum absolute atomic E-state index is 0.00367. The van der Waals surface area contributed by atoms with E-state index in [1.807, 2.05) is 12.1 Å². The molecule has 0 saturated heterocycles. The number of aromatic nitrogens is 1. The molecule has 2 rings (SSSR count). The molecule has 0 saturated carbocycles. The van der Waals surface area contributed by atoms with Crippen LogP contribution in [0.1, 0.15) is 12.5 Å². The second kappa shape index (κ2) is 8.03. The lowest BCUT2D eigenvalue weighted by molar-refractivity contribution is -0.143. The van der Waals surface area contributed by atoms with Crippen molar-refractivity contribution >= 4 is 17.5 Å². The number of hydrogen-bond donors (Lipinski definition) is 1. The molecule has 1 N–H and O–H groups in total. The van der Waals surface area contributed by atoms with Gasteiger partial charge < -0.3 is 10.2 Å². The van der Waals surface area contributed by atoms with Gasteiger partial charge in [-0.05, 0) is 43.2 Å². The highest BCUT2D eigenvalue weighted by Crippen LogP contribution is 2.12. The highest BCUT2D eigenvalue weighted by molar-refractivity contribution is 6.39. The normalized spacial score (nSPS) is 10.2. The Hall–Kier alpha value is -2.76. The first-order valence-corrected chi connectivity index (χ1v) is 7.35. The van der Waals surface area contributed by atoms with Gasteiger partial charge in [-0.3, -0.25) is 14.6 Å². The van der Waals surface area contributed by atoms with E-state index in [1.54, 1.807) is 25.4 Å². The smallest absolute Gasteiger partial charge is 0.313 e. The first-order chi connectivity index (χ1) is 11.1. The van der Waals surface area contributed by atoms with Crippen LogP contribution in [0.3, 0.4) is 0 Å². The third kappa shape index (κ3) is 4.60. The van der Waals surface area contributed by atoms with E-state index in [0.717, 1.165) is 5.56 Å². The SMILES string of the molecule is CCN(CCc1ccncc1)C(=O)C(=O)Nc1ccccc1F. The molecule has 0 unspecified atom stereocenters. The summed E-state index contributed by atoms with van der Waals surface area (Å²) in [6.45, 7) is 2.60. The molecular formula is C17H18FN3O2. The third-order valence-electron chi connectivity index (χ3n) is 3.40. The highest BCUT2D eigenvalue weighted by Gasteiger charge is 2.21. The summed E-state index contributed by atoms with van der Waals surface area (Å²) < 4.78 is 13.5. The molecular weight excluding hydrogens is 297 g/mol. The number of nitrogens with zero attached hydrogens (tertiary/aromatic N) is 2. The van der Waals surface area contributed by atoms with Crippen molar-refractivity contribution in [3.8, 4) is 0 Å². The number of carbonyl (C=O) groups is 2. The summed E-state index contributed by atoms with van der Waals surface area (Å²) >= 11 is 0. The molecule has 0 atom stereocenters. The summed E-state index contributed by atoms with van der Waals surface area (Å²) in [7, 11) is 0. The van der Waals surface area contributed by atoms with Gasteiger partial charge in [0.15, 0.2) is 0 Å². The van der Waals surface area contributed by atoms with Crippen molar-refractivity contribution in [2.24, 2.45) is 0 Å². The molecule has 0 spiro atoms. The first kappa shape index (κ1) is 16.6. The van der Waals surface area contributed by atoms with Gasteiger partial charge in [0.2, 0.25) is 0 Å². The fourth-order valence-electron chi connectivity index (χ4n) is 2.10. The number of para-hydroxylation sites is 1. The summed E-state index contributed by atoms with van der Waals surface area (Å²) in [5, 5.41) is 2.31. The molecule has 2 aromatic rings. The van der Waals surface area contributed by atoms with Gasteiger partial charge >= 0.3 is 11.8 Å². The zero-order chi connectivity index (χ0) is 16.7. The van der Waals surface area contributed by atoms with Gasteiger partial charge in [0.1, 0.15) is 5.82 Å². The second-order valence-electron chi connectivity index (χ2n) is 4.92. The molecule has 1 heterocycles. The molecule has 0 bridgehead atoms. The molecule has 5 nitrogen and oxygen atoms in total. The van der Waals surface area contributed by atoms with E-state index in [0.29, 0.717) is 19.5 Å². The van der Waals surface area contributed by atoms with Crippen LogP contribution < -0.4 is 5.32 Å². The van der Waals surface area contributed by atoms with Gasteiger partial charge in [-0.25, -0.2) is 4.39 Å². The van der Waals surface area contributed by atoms with Gasteiger partial charge in [-0.15, -0.1) is 0 Å². The Morgan fingerprint density at radius 3 is 2.52 bits per heavy atom. The number of anilines is 1. The lowest BCUT2D eigenvalue weighted by atomic mass is 10.2. The second-order valence-corrected chi connectivity index (χ2v) is 4.92. The number of carbonyl (C=O) groups excluding carboxylic acids is 2. The van der Waals surface area contributed by atoms with Crippen molar-refractivity contribution in [3.63, 3.8) is 0 Å². The fourth-order valence-corrected chi connectivity index (χ4v) is 2.10. The minimum atomic E-state index is -0.841. The molecule has 0 aliphatic rings. The van der Waals surface area contributed by atoms with Crippen LogP contribution in [-0.2, 0) is 16.0 Å². The summed E-state index contributed by atoms with van der Waals surface area (Å²) in [6, 6.07) is 9.45. The Balaban J connectivity index is 1.96. The van der Waals surface area contributed by atoms with E-state index in [4.69, 9.17) is 0 Å². The summed E-state index contributed by atoms with van der Waals surface area (Å²) in [5.41, 5.74) is 1.02. The van der Waals surface area contributed by atoms with E-state index in [2.05, 4.69) is 10.3 Å². The van der Waals surface area contributed by atoms with Crippen molar-refractivity contribution in [2.75, 3.05) is 18.4 Å². The highest BCUT2D eigenvalue weighted by atomic mass is 19.1. The van der Waals surface area contributed by atoms with Crippen LogP contribution in [0.15, 0.2) is 48.8 Å². The lowest BCUT2D eigenvalue weighted by Gasteiger charge is -2.20. The molecule has 1 aromatic heterocycles. The molecule has 6 heteroatoms. The minimum Gasteiger partial charge on any atom is -0.334 e. The van der Waals surface area contributed by atoms with E-state index in [-0.39, 0.29) is 5.69 Å². The molecule has 0 fully saturated rings. The molecule has 0 radical (unpaired) electrons.